The van der Waals surface area contributed by atoms with Crippen LogP contribution in [-0.4, -0.2) is 38.0 Å². The molecule has 8 heteroatoms. The number of ether oxygens (including phenoxy) is 1. The van der Waals surface area contributed by atoms with Crippen molar-refractivity contribution in [3.05, 3.63) is 5.01 Å². The molecule has 0 saturated heterocycles. The van der Waals surface area contributed by atoms with E-state index in [-0.39, 0.29) is 9.35 Å². The minimum atomic E-state index is -3.39. The lowest BCUT2D eigenvalue weighted by molar-refractivity contribution is 0.0599. The molecule has 0 N–H and O–H groups in total. The quantitative estimate of drug-likeness (QED) is 0.640. The Morgan fingerprint density at radius 2 is 2.08 bits per heavy atom. The van der Waals surface area contributed by atoms with Gasteiger partial charge in [0.2, 0.25) is 19.2 Å². The second kappa shape index (κ2) is 3.38. The summed E-state index contributed by atoms with van der Waals surface area (Å²) in [6.45, 7) is 0. The maximum Gasteiger partial charge on any atom is 0.369 e. The second-order valence-corrected chi connectivity index (χ2v) is 5.30. The summed E-state index contributed by atoms with van der Waals surface area (Å²) in [5.41, 5.74) is 0. The molecule has 1 rings (SSSR count). The van der Waals surface area contributed by atoms with Crippen molar-refractivity contribution in [2.75, 3.05) is 13.4 Å². The Labute approximate surface area is 78.5 Å². The SMILES string of the molecule is COC(=O)c1nnc(S(C)(=O)=O)s1. The van der Waals surface area contributed by atoms with Crippen molar-refractivity contribution in [3.63, 3.8) is 0 Å². The smallest absolute Gasteiger partial charge is 0.369 e. The van der Waals surface area contributed by atoms with Gasteiger partial charge in [-0.05, 0) is 0 Å². The molecule has 0 unspecified atom stereocenters. The van der Waals surface area contributed by atoms with Crippen molar-refractivity contribution in [2.45, 2.75) is 4.34 Å². The Bertz CT molecular complexity index is 421. The number of sulfone groups is 1. The van der Waals surface area contributed by atoms with E-state index in [4.69, 9.17) is 0 Å². The maximum atomic E-state index is 10.9. The number of esters is 1. The van der Waals surface area contributed by atoms with Gasteiger partial charge in [-0.15, -0.1) is 10.2 Å². The molecule has 0 spiro atoms. The number of aromatic nitrogens is 2. The van der Waals surface area contributed by atoms with Crippen LogP contribution in [0.25, 0.3) is 0 Å². The summed E-state index contributed by atoms with van der Waals surface area (Å²) in [6.07, 6.45) is 0.995. The first-order valence-electron chi connectivity index (χ1n) is 3.07. The van der Waals surface area contributed by atoms with Crippen LogP contribution in [0.4, 0.5) is 0 Å². The molecule has 0 radical (unpaired) electrons. The summed E-state index contributed by atoms with van der Waals surface area (Å²) in [5, 5.41) is 6.64. The number of hydrogen-bond acceptors (Lipinski definition) is 7. The van der Waals surface area contributed by atoms with Gasteiger partial charge in [-0.2, -0.15) is 0 Å². The highest BCUT2D eigenvalue weighted by Gasteiger charge is 2.18. The van der Waals surface area contributed by atoms with E-state index in [0.29, 0.717) is 11.3 Å². The van der Waals surface area contributed by atoms with E-state index in [1.54, 1.807) is 0 Å². The van der Waals surface area contributed by atoms with Gasteiger partial charge in [-0.1, -0.05) is 11.3 Å². The fourth-order valence-electron chi connectivity index (χ4n) is 0.529. The number of rotatable bonds is 2. The van der Waals surface area contributed by atoms with Crippen molar-refractivity contribution < 1.29 is 17.9 Å². The van der Waals surface area contributed by atoms with Crippen molar-refractivity contribution in [1.82, 2.24) is 10.2 Å². The normalized spacial score (nSPS) is 11.2. The lowest BCUT2D eigenvalue weighted by Crippen LogP contribution is -1.99. The average molecular weight is 222 g/mol. The van der Waals surface area contributed by atoms with Gasteiger partial charge in [0.05, 0.1) is 7.11 Å². The molecule has 0 bridgehead atoms. The Morgan fingerprint density at radius 1 is 1.46 bits per heavy atom. The summed E-state index contributed by atoms with van der Waals surface area (Å²) in [4.78, 5) is 10.8. The molecule has 0 aliphatic rings. The molecule has 72 valence electrons. The Balaban J connectivity index is 3.07. The van der Waals surface area contributed by atoms with Gasteiger partial charge in [0.1, 0.15) is 0 Å². The summed E-state index contributed by atoms with van der Waals surface area (Å²) < 4.78 is 26.0. The van der Waals surface area contributed by atoms with E-state index < -0.39 is 15.8 Å². The predicted octanol–water partition coefficient (Wildman–Crippen LogP) is -0.272. The largest absolute Gasteiger partial charge is 0.464 e. The van der Waals surface area contributed by atoms with Crippen LogP contribution in [0.2, 0.25) is 0 Å². The van der Waals surface area contributed by atoms with Crippen LogP contribution in [0.1, 0.15) is 9.80 Å². The molecule has 0 fully saturated rings. The van der Waals surface area contributed by atoms with E-state index in [2.05, 4.69) is 14.9 Å². The fraction of sp³-hybridized carbons (Fsp3) is 0.400. The highest BCUT2D eigenvalue weighted by atomic mass is 32.2. The molecule has 0 aliphatic heterocycles. The van der Waals surface area contributed by atoms with Gasteiger partial charge in [-0.3, -0.25) is 0 Å². The first kappa shape index (κ1) is 10.1. The van der Waals surface area contributed by atoms with Crippen molar-refractivity contribution in [3.8, 4) is 0 Å². The zero-order valence-corrected chi connectivity index (χ0v) is 8.48. The van der Waals surface area contributed by atoms with Gasteiger partial charge >= 0.3 is 5.97 Å². The molecule has 0 saturated carbocycles. The third-order valence-electron chi connectivity index (χ3n) is 1.08. The van der Waals surface area contributed by atoms with Gasteiger partial charge in [-0.25, -0.2) is 13.2 Å². The minimum absolute atomic E-state index is 0.0667. The Kier molecular flexibility index (Phi) is 2.62. The van der Waals surface area contributed by atoms with Crippen molar-refractivity contribution >= 4 is 27.1 Å². The zero-order valence-electron chi connectivity index (χ0n) is 6.84. The highest BCUT2D eigenvalue weighted by Crippen LogP contribution is 2.15. The van der Waals surface area contributed by atoms with E-state index in [1.165, 1.54) is 7.11 Å². The van der Waals surface area contributed by atoms with Crippen LogP contribution in [0, 0.1) is 0 Å². The predicted molar refractivity (Wildman–Crippen MR) is 44.4 cm³/mol. The van der Waals surface area contributed by atoms with Gasteiger partial charge in [0.25, 0.3) is 0 Å². The summed E-state index contributed by atoms with van der Waals surface area (Å²) in [6, 6.07) is 0. The molecular formula is C5H6N2O4S2. The number of carbonyl (C=O) groups excluding carboxylic acids is 1. The zero-order chi connectivity index (χ0) is 10.1. The molecule has 1 heterocycles. The third kappa shape index (κ3) is 2.22. The third-order valence-corrected chi connectivity index (χ3v) is 3.66. The van der Waals surface area contributed by atoms with E-state index in [0.717, 1.165) is 6.26 Å². The average Bonchev–Trinajstić information content (AvgIpc) is 2.50. The molecule has 6 nitrogen and oxygen atoms in total. The van der Waals surface area contributed by atoms with Gasteiger partial charge in [0.15, 0.2) is 0 Å². The number of nitrogens with zero attached hydrogens (tertiary/aromatic N) is 2. The van der Waals surface area contributed by atoms with Crippen LogP contribution in [0.15, 0.2) is 4.34 Å². The highest BCUT2D eigenvalue weighted by molar-refractivity contribution is 7.92. The standard InChI is InChI=1S/C5H6N2O4S2/c1-11-4(8)3-6-7-5(12-3)13(2,9)10/h1-2H3. The van der Waals surface area contributed by atoms with Crippen LogP contribution >= 0.6 is 11.3 Å². The fourth-order valence-corrected chi connectivity index (χ4v) is 2.06. The van der Waals surface area contributed by atoms with Crippen LogP contribution < -0.4 is 0 Å². The molecule has 0 aliphatic carbocycles. The number of methoxy groups -OCH3 is 1. The number of hydrogen-bond donors (Lipinski definition) is 0. The lowest BCUT2D eigenvalue weighted by atomic mass is 10.7. The van der Waals surface area contributed by atoms with Crippen LogP contribution in [0.5, 0.6) is 0 Å². The second-order valence-electron chi connectivity index (χ2n) is 2.14. The topological polar surface area (TPSA) is 86.2 Å². The molecular weight excluding hydrogens is 216 g/mol. The Hall–Kier alpha value is -1.02. The monoisotopic (exact) mass is 222 g/mol. The molecule has 1 aromatic rings. The van der Waals surface area contributed by atoms with Crippen LogP contribution in [-0.2, 0) is 14.6 Å². The molecule has 1 aromatic heterocycles. The Morgan fingerprint density at radius 3 is 2.46 bits per heavy atom. The van der Waals surface area contributed by atoms with E-state index in [9.17, 15) is 13.2 Å². The van der Waals surface area contributed by atoms with Crippen molar-refractivity contribution in [1.29, 1.82) is 0 Å². The number of carbonyl (C=O) groups is 1. The lowest BCUT2D eigenvalue weighted by Gasteiger charge is -1.88. The van der Waals surface area contributed by atoms with Crippen molar-refractivity contribution in [2.24, 2.45) is 0 Å². The summed E-state index contributed by atoms with van der Waals surface area (Å²) in [7, 11) is -2.20. The molecule has 0 amide bonds. The van der Waals surface area contributed by atoms with Gasteiger partial charge in [0, 0.05) is 6.26 Å². The molecule has 13 heavy (non-hydrogen) atoms. The summed E-state index contributed by atoms with van der Waals surface area (Å²) >= 11 is 0.688. The van der Waals surface area contributed by atoms with Crippen LogP contribution in [0.3, 0.4) is 0 Å². The molecule has 0 atom stereocenters. The molecule has 0 aromatic carbocycles. The van der Waals surface area contributed by atoms with E-state index in [1.807, 2.05) is 0 Å². The maximum absolute atomic E-state index is 10.9. The van der Waals surface area contributed by atoms with Gasteiger partial charge < -0.3 is 4.74 Å². The summed E-state index contributed by atoms with van der Waals surface area (Å²) in [5.74, 6) is -0.688. The first-order valence-corrected chi connectivity index (χ1v) is 5.78. The minimum Gasteiger partial charge on any atom is -0.464 e. The van der Waals surface area contributed by atoms with E-state index >= 15 is 0 Å². The first-order chi connectivity index (χ1) is 5.95.